The molecular formula is C38H54F12O5S. The molecule has 0 heterocycles. The van der Waals surface area contributed by atoms with Crippen LogP contribution < -0.4 is 0 Å². The summed E-state index contributed by atoms with van der Waals surface area (Å²) < 4.78 is 211. The lowest BCUT2D eigenvalue weighted by Crippen LogP contribution is -2.62. The highest BCUT2D eigenvalue weighted by molar-refractivity contribution is 7.87. The maximum absolute atomic E-state index is 14.8. The first-order valence-electron chi connectivity index (χ1n) is 19.8. The highest BCUT2D eigenvalue weighted by Gasteiger charge is 2.76. The summed E-state index contributed by atoms with van der Waals surface area (Å²) >= 11 is 0. The molecule has 5 nitrogen and oxygen atoms in total. The van der Waals surface area contributed by atoms with Gasteiger partial charge >= 0.3 is 24.7 Å². The van der Waals surface area contributed by atoms with E-state index in [2.05, 4.69) is 0 Å². The van der Waals surface area contributed by atoms with E-state index in [4.69, 9.17) is 8.92 Å². The molecule has 0 amide bonds. The Hall–Kier alpha value is -1.01. The van der Waals surface area contributed by atoms with Crippen molar-refractivity contribution in [2.45, 2.75) is 165 Å². The van der Waals surface area contributed by atoms with Crippen LogP contribution in [0.5, 0.6) is 0 Å². The number of halogens is 12. The fraction of sp³-hybridized carbons (Fsp3) is 1.00. The zero-order valence-corrected chi connectivity index (χ0v) is 33.1. The summed E-state index contributed by atoms with van der Waals surface area (Å²) in [5, 5.41) is 8.87. The Balaban J connectivity index is 1.37. The van der Waals surface area contributed by atoms with Gasteiger partial charge in [0.25, 0.3) is 21.3 Å². The number of ether oxygens (including phenoxy) is 1. The van der Waals surface area contributed by atoms with E-state index in [0.717, 1.165) is 40.0 Å². The van der Waals surface area contributed by atoms with E-state index in [1.807, 2.05) is 0 Å². The molecule has 6 fully saturated rings. The predicted molar refractivity (Wildman–Crippen MR) is 179 cm³/mol. The van der Waals surface area contributed by atoms with Gasteiger partial charge in [0.15, 0.2) is 0 Å². The third-order valence-electron chi connectivity index (χ3n) is 15.4. The van der Waals surface area contributed by atoms with Crippen molar-refractivity contribution in [3.05, 3.63) is 0 Å². The molecule has 6 saturated carbocycles. The molecule has 14 atom stereocenters. The molecule has 6 aliphatic rings. The minimum absolute atomic E-state index is 0.00442. The van der Waals surface area contributed by atoms with Gasteiger partial charge in [-0.2, -0.15) is 61.1 Å². The Morgan fingerprint density at radius 1 is 0.732 bits per heavy atom. The van der Waals surface area contributed by atoms with Gasteiger partial charge in [0, 0.05) is 0 Å². The van der Waals surface area contributed by atoms with Crippen LogP contribution in [0.2, 0.25) is 0 Å². The Bertz CT molecular complexity index is 1540. The van der Waals surface area contributed by atoms with Gasteiger partial charge in [0.05, 0.1) is 16.5 Å². The molecule has 6 rings (SSSR count). The van der Waals surface area contributed by atoms with Crippen molar-refractivity contribution in [1.82, 2.24) is 0 Å². The van der Waals surface area contributed by atoms with Crippen molar-refractivity contribution in [3.8, 4) is 0 Å². The van der Waals surface area contributed by atoms with Crippen LogP contribution in [-0.2, 0) is 19.0 Å². The van der Waals surface area contributed by atoms with Crippen molar-refractivity contribution < 1.29 is 75.1 Å². The quantitative estimate of drug-likeness (QED) is 0.166. The molecule has 6 aliphatic carbocycles. The minimum atomic E-state index is -6.03. The lowest BCUT2D eigenvalue weighted by atomic mass is 9.58. The van der Waals surface area contributed by atoms with Crippen molar-refractivity contribution in [2.24, 2.45) is 71.0 Å². The summed E-state index contributed by atoms with van der Waals surface area (Å²) in [7, 11) is -4.39. The average Bonchev–Trinajstić information content (AvgIpc) is 3.83. The van der Waals surface area contributed by atoms with Gasteiger partial charge in [-0.3, -0.25) is 4.18 Å². The van der Waals surface area contributed by atoms with E-state index >= 15 is 0 Å². The zero-order chi connectivity index (χ0) is 42.2. The van der Waals surface area contributed by atoms with Crippen LogP contribution in [0.25, 0.3) is 0 Å². The Morgan fingerprint density at radius 2 is 1.27 bits per heavy atom. The Morgan fingerprint density at radius 3 is 1.71 bits per heavy atom. The van der Waals surface area contributed by atoms with Crippen LogP contribution in [0.1, 0.15) is 112 Å². The summed E-state index contributed by atoms with van der Waals surface area (Å²) in [6.07, 6.45) is -24.0. The number of hydrogen-bond acceptors (Lipinski definition) is 5. The molecule has 56 heavy (non-hydrogen) atoms. The standard InChI is InChI=1S/C38H54F12O5S/c1-7-27(56(52,53)55-32(6)15-19-8-9-24(32)10-19)29-21-12-23(17-34(37(45,46)47,38(48,49)50)54-31(3,4)5)26(14-21)30(29)28-18(2)25-13-20(28)11-22(25)16-33(51,35(39,40)41)36(42,43)44/h18-30,51H,7-17H2,1-6H3. The second-order valence-corrected chi connectivity index (χ2v) is 21.4. The van der Waals surface area contributed by atoms with E-state index in [0.29, 0.717) is 12.3 Å². The lowest BCUT2D eigenvalue weighted by molar-refractivity contribution is -0.404. The number of aliphatic hydroxyl groups is 1. The van der Waals surface area contributed by atoms with Crippen LogP contribution >= 0.6 is 0 Å². The number of hydrogen-bond donors (Lipinski definition) is 1. The lowest BCUT2D eigenvalue weighted by Gasteiger charge is -2.50. The van der Waals surface area contributed by atoms with Crippen molar-refractivity contribution in [1.29, 1.82) is 0 Å². The smallest absolute Gasteiger partial charge is 0.374 e. The van der Waals surface area contributed by atoms with Crippen molar-refractivity contribution >= 4 is 10.1 Å². The highest BCUT2D eigenvalue weighted by Crippen LogP contribution is 2.70. The van der Waals surface area contributed by atoms with Crippen LogP contribution in [0, 0.1) is 71.0 Å². The summed E-state index contributed by atoms with van der Waals surface area (Å²) in [6.45, 7) is 8.23. The Labute approximate surface area is 320 Å². The highest BCUT2D eigenvalue weighted by atomic mass is 32.2. The van der Waals surface area contributed by atoms with Crippen LogP contribution in [0.4, 0.5) is 52.7 Å². The molecule has 0 aromatic carbocycles. The van der Waals surface area contributed by atoms with E-state index in [9.17, 15) is 66.2 Å². The van der Waals surface area contributed by atoms with Gasteiger partial charge < -0.3 is 9.84 Å². The molecule has 0 aromatic rings. The molecule has 0 saturated heterocycles. The third-order valence-corrected chi connectivity index (χ3v) is 17.4. The monoisotopic (exact) mass is 850 g/mol. The molecule has 6 bridgehead atoms. The molecule has 0 aliphatic heterocycles. The first kappa shape index (κ1) is 44.5. The third kappa shape index (κ3) is 7.21. The normalized spacial score (nSPS) is 40.0. The first-order valence-corrected chi connectivity index (χ1v) is 21.3. The molecule has 18 heteroatoms. The summed E-state index contributed by atoms with van der Waals surface area (Å²) in [5.74, 6) is -7.93. The fourth-order valence-corrected chi connectivity index (χ4v) is 15.6. The topological polar surface area (TPSA) is 72.8 Å². The van der Waals surface area contributed by atoms with E-state index in [1.54, 1.807) is 20.8 Å². The summed E-state index contributed by atoms with van der Waals surface area (Å²) in [6, 6.07) is 0. The van der Waals surface area contributed by atoms with Gasteiger partial charge in [-0.1, -0.05) is 13.8 Å². The van der Waals surface area contributed by atoms with E-state index in [1.165, 1.54) is 0 Å². The molecule has 326 valence electrons. The van der Waals surface area contributed by atoms with E-state index < -0.39 is 134 Å². The van der Waals surface area contributed by atoms with Crippen molar-refractivity contribution in [3.63, 3.8) is 0 Å². The summed E-state index contributed by atoms with van der Waals surface area (Å²) in [4.78, 5) is 0. The fourth-order valence-electron chi connectivity index (χ4n) is 13.6. The largest absolute Gasteiger partial charge is 0.426 e. The molecule has 0 aromatic heterocycles. The average molecular weight is 851 g/mol. The second kappa shape index (κ2) is 13.8. The van der Waals surface area contributed by atoms with E-state index in [-0.39, 0.29) is 38.0 Å². The minimum Gasteiger partial charge on any atom is -0.374 e. The van der Waals surface area contributed by atoms with Crippen LogP contribution in [0.15, 0.2) is 0 Å². The Kier molecular flexibility index (Phi) is 10.9. The molecule has 1 N–H and O–H groups in total. The van der Waals surface area contributed by atoms with Crippen molar-refractivity contribution in [2.75, 3.05) is 0 Å². The van der Waals surface area contributed by atoms with Crippen LogP contribution in [0.3, 0.4) is 0 Å². The van der Waals surface area contributed by atoms with Gasteiger partial charge in [-0.15, -0.1) is 0 Å². The number of fused-ring (bicyclic) bond motifs is 6. The first-order chi connectivity index (χ1) is 25.2. The SMILES string of the molecule is CCC(C1C2CC(CC(OC(C)(C)C)(C(F)(F)F)C(F)(F)F)C(C2)C1C1C2CC(CC(O)(C(F)(F)F)C(F)(F)F)C(C2)C1C)S(=O)(=O)OC1(C)CC2CCC1C2. The second-order valence-electron chi connectivity index (χ2n) is 19.6. The number of alkyl halides is 12. The molecule has 0 spiro atoms. The molecule has 14 unspecified atom stereocenters. The number of rotatable bonds is 11. The maximum Gasteiger partial charge on any atom is 0.426 e. The van der Waals surface area contributed by atoms with Gasteiger partial charge in [0.2, 0.25) is 0 Å². The molecule has 0 radical (unpaired) electrons. The summed E-state index contributed by atoms with van der Waals surface area (Å²) in [5.41, 5.74) is -12.4. The maximum atomic E-state index is 14.8. The zero-order valence-electron chi connectivity index (χ0n) is 32.3. The van der Waals surface area contributed by atoms with Crippen LogP contribution in [-0.4, -0.2) is 65.9 Å². The molecular weight excluding hydrogens is 796 g/mol. The van der Waals surface area contributed by atoms with Gasteiger partial charge in [-0.25, -0.2) is 0 Å². The van der Waals surface area contributed by atoms with Gasteiger partial charge in [-0.05, 0) is 169 Å². The predicted octanol–water partition coefficient (Wildman–Crippen LogP) is 10.8. The van der Waals surface area contributed by atoms with Gasteiger partial charge in [0.1, 0.15) is 0 Å².